The summed E-state index contributed by atoms with van der Waals surface area (Å²) in [6.07, 6.45) is 5.63. The molecule has 10 heavy (non-hydrogen) atoms. The molecular formula is C8H14O2. The summed E-state index contributed by atoms with van der Waals surface area (Å²) in [6.45, 7) is 0.215. The Kier molecular flexibility index (Phi) is 1.66. The maximum absolute atomic E-state index is 8.80. The van der Waals surface area contributed by atoms with Crippen molar-refractivity contribution < 1.29 is 9.84 Å². The summed E-state index contributed by atoms with van der Waals surface area (Å²) in [7, 11) is 0. The van der Waals surface area contributed by atoms with Crippen LogP contribution in [0.2, 0.25) is 0 Å². The first-order valence-electron chi connectivity index (χ1n) is 4.16. The van der Waals surface area contributed by atoms with Crippen LogP contribution in [0, 0.1) is 5.92 Å². The molecule has 2 nitrogen and oxygen atoms in total. The summed E-state index contributed by atoms with van der Waals surface area (Å²) in [4.78, 5) is 0. The Hall–Kier alpha value is -0.0800. The lowest BCUT2D eigenvalue weighted by atomic mass is 10.0. The fourth-order valence-corrected chi connectivity index (χ4v) is 2.21. The Morgan fingerprint density at radius 2 is 2.30 bits per heavy atom. The number of aliphatic hydroxyl groups excluding tert-OH is 1. The van der Waals surface area contributed by atoms with Crippen LogP contribution in [-0.4, -0.2) is 23.9 Å². The second-order valence-electron chi connectivity index (χ2n) is 3.41. The molecule has 0 spiro atoms. The lowest BCUT2D eigenvalue weighted by molar-refractivity contribution is 0.00939. The summed E-state index contributed by atoms with van der Waals surface area (Å²) in [5, 5.41) is 8.80. The zero-order chi connectivity index (χ0) is 6.97. The maximum atomic E-state index is 8.80. The molecule has 0 aromatic heterocycles. The van der Waals surface area contributed by atoms with Crippen LogP contribution in [-0.2, 0) is 4.74 Å². The molecule has 58 valence electrons. The molecule has 1 heterocycles. The van der Waals surface area contributed by atoms with Gasteiger partial charge in [0.2, 0.25) is 0 Å². The Morgan fingerprint density at radius 1 is 1.40 bits per heavy atom. The zero-order valence-electron chi connectivity index (χ0n) is 6.12. The van der Waals surface area contributed by atoms with Crippen molar-refractivity contribution in [2.24, 2.45) is 5.92 Å². The standard InChI is InChI=1S/C8H14O2/c9-5-7-4-6-2-1-3-8(6)10-7/h6-9H,1-5H2. The number of aliphatic hydroxyl groups is 1. The zero-order valence-corrected chi connectivity index (χ0v) is 6.12. The minimum Gasteiger partial charge on any atom is -0.394 e. The van der Waals surface area contributed by atoms with Gasteiger partial charge in [-0.1, -0.05) is 6.42 Å². The summed E-state index contributed by atoms with van der Waals surface area (Å²) >= 11 is 0. The molecule has 0 aromatic carbocycles. The number of rotatable bonds is 1. The third-order valence-corrected chi connectivity index (χ3v) is 2.73. The van der Waals surface area contributed by atoms with Crippen molar-refractivity contribution in [1.82, 2.24) is 0 Å². The smallest absolute Gasteiger partial charge is 0.0813 e. The van der Waals surface area contributed by atoms with E-state index in [4.69, 9.17) is 9.84 Å². The van der Waals surface area contributed by atoms with Gasteiger partial charge in [-0.15, -0.1) is 0 Å². The van der Waals surface area contributed by atoms with Crippen LogP contribution in [0.25, 0.3) is 0 Å². The Labute approximate surface area is 61.2 Å². The lowest BCUT2D eigenvalue weighted by Gasteiger charge is -2.07. The molecule has 0 aromatic rings. The minimum atomic E-state index is 0.162. The monoisotopic (exact) mass is 142 g/mol. The van der Waals surface area contributed by atoms with Crippen molar-refractivity contribution >= 4 is 0 Å². The van der Waals surface area contributed by atoms with E-state index >= 15 is 0 Å². The number of hydrogen-bond acceptors (Lipinski definition) is 2. The molecule has 1 aliphatic heterocycles. The third-order valence-electron chi connectivity index (χ3n) is 2.73. The third kappa shape index (κ3) is 0.956. The van der Waals surface area contributed by atoms with Crippen LogP contribution < -0.4 is 0 Å². The summed E-state index contributed by atoms with van der Waals surface area (Å²) in [6, 6.07) is 0. The van der Waals surface area contributed by atoms with Gasteiger partial charge >= 0.3 is 0 Å². The van der Waals surface area contributed by atoms with Gasteiger partial charge in [0.15, 0.2) is 0 Å². The molecule has 2 heteroatoms. The van der Waals surface area contributed by atoms with Crippen LogP contribution in [0.1, 0.15) is 25.7 Å². The van der Waals surface area contributed by atoms with Gasteiger partial charge in [0.25, 0.3) is 0 Å². The summed E-state index contributed by atoms with van der Waals surface area (Å²) < 4.78 is 5.58. The van der Waals surface area contributed by atoms with E-state index in [1.165, 1.54) is 19.3 Å². The van der Waals surface area contributed by atoms with Gasteiger partial charge in [-0.05, 0) is 25.2 Å². The average molecular weight is 142 g/mol. The fraction of sp³-hybridized carbons (Fsp3) is 1.00. The molecule has 0 bridgehead atoms. The average Bonchev–Trinajstić information content (AvgIpc) is 2.42. The van der Waals surface area contributed by atoms with E-state index in [0.29, 0.717) is 6.10 Å². The van der Waals surface area contributed by atoms with E-state index in [9.17, 15) is 0 Å². The molecule has 3 unspecified atom stereocenters. The van der Waals surface area contributed by atoms with Crippen LogP contribution in [0.4, 0.5) is 0 Å². The first-order chi connectivity index (χ1) is 4.90. The molecular weight excluding hydrogens is 128 g/mol. The SMILES string of the molecule is OCC1CC2CCCC2O1. The predicted octanol–water partition coefficient (Wildman–Crippen LogP) is 0.936. The van der Waals surface area contributed by atoms with Gasteiger partial charge in [-0.25, -0.2) is 0 Å². The number of hydrogen-bond donors (Lipinski definition) is 1. The fourth-order valence-electron chi connectivity index (χ4n) is 2.21. The summed E-state index contributed by atoms with van der Waals surface area (Å²) in [5.74, 6) is 0.775. The highest BCUT2D eigenvalue weighted by molar-refractivity contribution is 4.86. The van der Waals surface area contributed by atoms with Gasteiger partial charge < -0.3 is 9.84 Å². The molecule has 2 fully saturated rings. The van der Waals surface area contributed by atoms with Crippen molar-refractivity contribution in [2.45, 2.75) is 37.9 Å². The normalized spacial score (nSPS) is 45.9. The molecule has 2 aliphatic rings. The van der Waals surface area contributed by atoms with Crippen LogP contribution >= 0.6 is 0 Å². The lowest BCUT2D eigenvalue weighted by Crippen LogP contribution is -2.13. The van der Waals surface area contributed by atoms with Crippen molar-refractivity contribution in [3.8, 4) is 0 Å². The topological polar surface area (TPSA) is 29.5 Å². The van der Waals surface area contributed by atoms with Crippen molar-refractivity contribution in [3.63, 3.8) is 0 Å². The van der Waals surface area contributed by atoms with E-state index < -0.39 is 0 Å². The molecule has 1 saturated heterocycles. The predicted molar refractivity (Wildman–Crippen MR) is 37.7 cm³/mol. The first-order valence-corrected chi connectivity index (χ1v) is 4.16. The van der Waals surface area contributed by atoms with Crippen molar-refractivity contribution in [3.05, 3.63) is 0 Å². The van der Waals surface area contributed by atoms with Gasteiger partial charge in [0.1, 0.15) is 0 Å². The van der Waals surface area contributed by atoms with Gasteiger partial charge in [0, 0.05) is 0 Å². The maximum Gasteiger partial charge on any atom is 0.0813 e. The van der Waals surface area contributed by atoms with Crippen molar-refractivity contribution in [1.29, 1.82) is 0 Å². The second-order valence-corrected chi connectivity index (χ2v) is 3.41. The van der Waals surface area contributed by atoms with E-state index in [1.54, 1.807) is 0 Å². The highest BCUT2D eigenvalue weighted by atomic mass is 16.5. The van der Waals surface area contributed by atoms with Gasteiger partial charge in [-0.3, -0.25) is 0 Å². The largest absolute Gasteiger partial charge is 0.394 e. The highest BCUT2D eigenvalue weighted by Crippen LogP contribution is 2.38. The molecule has 1 N–H and O–H groups in total. The van der Waals surface area contributed by atoms with Gasteiger partial charge in [0.05, 0.1) is 18.8 Å². The highest BCUT2D eigenvalue weighted by Gasteiger charge is 2.37. The summed E-state index contributed by atoms with van der Waals surface area (Å²) in [5.41, 5.74) is 0. The van der Waals surface area contributed by atoms with E-state index in [-0.39, 0.29) is 12.7 Å². The quantitative estimate of drug-likeness (QED) is 0.590. The molecule has 2 rings (SSSR count). The van der Waals surface area contributed by atoms with Crippen LogP contribution in [0.3, 0.4) is 0 Å². The molecule has 0 amide bonds. The Bertz CT molecular complexity index is 112. The van der Waals surface area contributed by atoms with Crippen molar-refractivity contribution in [2.75, 3.05) is 6.61 Å². The first kappa shape index (κ1) is 6.62. The van der Waals surface area contributed by atoms with Crippen LogP contribution in [0.15, 0.2) is 0 Å². The Morgan fingerprint density at radius 3 is 3.00 bits per heavy atom. The van der Waals surface area contributed by atoms with E-state index in [1.807, 2.05) is 0 Å². The van der Waals surface area contributed by atoms with E-state index in [2.05, 4.69) is 0 Å². The number of fused-ring (bicyclic) bond motifs is 1. The minimum absolute atomic E-state index is 0.162. The molecule has 0 radical (unpaired) electrons. The van der Waals surface area contributed by atoms with Gasteiger partial charge in [-0.2, -0.15) is 0 Å². The molecule has 1 saturated carbocycles. The number of ether oxygens (including phenoxy) is 1. The molecule has 1 aliphatic carbocycles. The Balaban J connectivity index is 1.94. The second kappa shape index (κ2) is 2.51. The van der Waals surface area contributed by atoms with Crippen LogP contribution in [0.5, 0.6) is 0 Å². The van der Waals surface area contributed by atoms with E-state index in [0.717, 1.165) is 12.3 Å². The molecule has 3 atom stereocenters.